The molecular weight excluding hydrogens is 350 g/mol. The summed E-state index contributed by atoms with van der Waals surface area (Å²) in [7, 11) is -3.53. The summed E-state index contributed by atoms with van der Waals surface area (Å²) in [5.74, 6) is 0.954. The second kappa shape index (κ2) is 10.6. The van der Waals surface area contributed by atoms with Gasteiger partial charge < -0.3 is 9.08 Å². The first-order valence-electron chi connectivity index (χ1n) is 9.43. The van der Waals surface area contributed by atoms with Crippen LogP contribution in [0.1, 0.15) is 58.9 Å². The molecule has 1 rings (SSSR count). The van der Waals surface area contributed by atoms with E-state index < -0.39 is 10.1 Å². The highest BCUT2D eigenvalue weighted by molar-refractivity contribution is 7.86. The second-order valence-electron chi connectivity index (χ2n) is 7.29. The van der Waals surface area contributed by atoms with Crippen LogP contribution in [0.15, 0.2) is 24.3 Å². The summed E-state index contributed by atoms with van der Waals surface area (Å²) in [6, 6.07) is 6.88. The minimum absolute atomic E-state index is 0.0709. The molecule has 0 bridgehead atoms. The quantitative estimate of drug-likeness (QED) is 0.537. The van der Waals surface area contributed by atoms with Crippen molar-refractivity contribution in [3.63, 3.8) is 0 Å². The van der Waals surface area contributed by atoms with Crippen molar-refractivity contribution in [1.82, 2.24) is 4.90 Å². The highest BCUT2D eigenvalue weighted by atomic mass is 32.2. The molecule has 5 nitrogen and oxygen atoms in total. The zero-order valence-corrected chi connectivity index (χ0v) is 17.5. The van der Waals surface area contributed by atoms with Crippen molar-refractivity contribution in [3.05, 3.63) is 29.8 Å². The molecule has 0 aliphatic heterocycles. The minimum atomic E-state index is -3.53. The van der Waals surface area contributed by atoms with Crippen molar-refractivity contribution in [2.45, 2.75) is 59.9 Å². The molecule has 0 heterocycles. The summed E-state index contributed by atoms with van der Waals surface area (Å²) in [6.07, 6.45) is 4.97. The molecule has 0 radical (unpaired) electrons. The minimum Gasteiger partial charge on any atom is -0.383 e. The Bertz CT molecular complexity index is 653. The molecule has 0 aliphatic carbocycles. The third kappa shape index (κ3) is 8.21. The van der Waals surface area contributed by atoms with Gasteiger partial charge in [-0.3, -0.25) is 4.79 Å². The lowest BCUT2D eigenvalue weighted by Gasteiger charge is -2.29. The number of rotatable bonds is 11. The molecule has 0 fully saturated rings. The van der Waals surface area contributed by atoms with E-state index >= 15 is 0 Å². The third-order valence-electron chi connectivity index (χ3n) is 4.19. The fourth-order valence-electron chi connectivity index (χ4n) is 2.93. The number of amides is 1. The molecule has 1 aromatic carbocycles. The maximum Gasteiger partial charge on any atom is 0.306 e. The van der Waals surface area contributed by atoms with Crippen LogP contribution in [0.2, 0.25) is 0 Å². The first-order valence-corrected chi connectivity index (χ1v) is 11.2. The zero-order chi connectivity index (χ0) is 19.7. The summed E-state index contributed by atoms with van der Waals surface area (Å²) in [5, 5.41) is 0. The van der Waals surface area contributed by atoms with Crippen LogP contribution in [-0.4, -0.2) is 32.0 Å². The molecule has 1 unspecified atom stereocenters. The van der Waals surface area contributed by atoms with Gasteiger partial charge in [0.1, 0.15) is 5.75 Å². The SMILES string of the molecule is CCCCC(CC)C(=O)N(Cc1ccc(OS(C)(=O)=O)cc1)CC(C)C. The molecule has 0 spiro atoms. The van der Waals surface area contributed by atoms with E-state index in [1.807, 2.05) is 17.0 Å². The van der Waals surface area contributed by atoms with Crippen molar-refractivity contribution in [3.8, 4) is 5.75 Å². The first kappa shape index (κ1) is 22.5. The van der Waals surface area contributed by atoms with E-state index in [1.54, 1.807) is 12.1 Å². The monoisotopic (exact) mass is 383 g/mol. The molecule has 0 saturated carbocycles. The van der Waals surface area contributed by atoms with E-state index in [2.05, 4.69) is 27.7 Å². The topological polar surface area (TPSA) is 63.7 Å². The molecule has 6 heteroatoms. The summed E-state index contributed by atoms with van der Waals surface area (Å²) in [4.78, 5) is 14.9. The Morgan fingerprint density at radius 1 is 1.15 bits per heavy atom. The normalized spacial score (nSPS) is 12.8. The number of benzene rings is 1. The molecule has 0 N–H and O–H groups in total. The molecule has 0 saturated heterocycles. The van der Waals surface area contributed by atoms with Crippen LogP contribution in [-0.2, 0) is 21.5 Å². The number of hydrogen-bond donors (Lipinski definition) is 0. The van der Waals surface area contributed by atoms with Crippen LogP contribution in [0, 0.1) is 11.8 Å². The average Bonchev–Trinajstić information content (AvgIpc) is 2.54. The molecule has 26 heavy (non-hydrogen) atoms. The smallest absolute Gasteiger partial charge is 0.306 e. The fourth-order valence-corrected chi connectivity index (χ4v) is 3.39. The molecule has 1 amide bonds. The van der Waals surface area contributed by atoms with Gasteiger partial charge in [-0.1, -0.05) is 52.7 Å². The van der Waals surface area contributed by atoms with Gasteiger partial charge >= 0.3 is 10.1 Å². The van der Waals surface area contributed by atoms with Gasteiger partial charge in [-0.25, -0.2) is 0 Å². The Balaban J connectivity index is 2.88. The maximum atomic E-state index is 13.0. The van der Waals surface area contributed by atoms with Crippen molar-refractivity contribution in [1.29, 1.82) is 0 Å². The lowest BCUT2D eigenvalue weighted by Crippen LogP contribution is -2.38. The highest BCUT2D eigenvalue weighted by Gasteiger charge is 2.23. The van der Waals surface area contributed by atoms with Crippen LogP contribution in [0.5, 0.6) is 5.75 Å². The average molecular weight is 384 g/mol. The molecule has 1 atom stereocenters. The molecule has 1 aromatic rings. The standard InChI is InChI=1S/C20H33NO4S/c1-6-8-9-18(7-2)20(22)21(14-16(3)4)15-17-10-12-19(13-11-17)25-26(5,23)24/h10-13,16,18H,6-9,14-15H2,1-5H3. The van der Waals surface area contributed by atoms with Gasteiger partial charge in [0.15, 0.2) is 0 Å². The lowest BCUT2D eigenvalue weighted by molar-refractivity contribution is -0.137. The second-order valence-corrected chi connectivity index (χ2v) is 8.87. The third-order valence-corrected chi connectivity index (χ3v) is 4.68. The van der Waals surface area contributed by atoms with Crippen molar-refractivity contribution in [2.24, 2.45) is 11.8 Å². The van der Waals surface area contributed by atoms with E-state index in [0.717, 1.165) is 37.5 Å². The van der Waals surface area contributed by atoms with E-state index in [9.17, 15) is 13.2 Å². The number of carbonyl (C=O) groups is 1. The summed E-state index contributed by atoms with van der Waals surface area (Å²) < 4.78 is 27.3. The van der Waals surface area contributed by atoms with E-state index in [4.69, 9.17) is 4.18 Å². The molecular formula is C20H33NO4S. The van der Waals surface area contributed by atoms with Gasteiger partial charge in [0.2, 0.25) is 5.91 Å². The van der Waals surface area contributed by atoms with Gasteiger partial charge in [0.05, 0.1) is 6.26 Å². The van der Waals surface area contributed by atoms with Gasteiger partial charge in [0, 0.05) is 19.0 Å². The largest absolute Gasteiger partial charge is 0.383 e. The number of unbranched alkanes of at least 4 members (excludes halogenated alkanes) is 1. The van der Waals surface area contributed by atoms with E-state index in [1.165, 1.54) is 0 Å². The van der Waals surface area contributed by atoms with Gasteiger partial charge in [-0.05, 0) is 36.5 Å². The van der Waals surface area contributed by atoms with Crippen LogP contribution in [0.3, 0.4) is 0 Å². The Labute approximate surface area is 158 Å². The van der Waals surface area contributed by atoms with E-state index in [0.29, 0.717) is 19.0 Å². The number of nitrogens with zero attached hydrogens (tertiary/aromatic N) is 1. The zero-order valence-electron chi connectivity index (χ0n) is 16.7. The number of carbonyl (C=O) groups excluding carboxylic acids is 1. The van der Waals surface area contributed by atoms with Gasteiger partial charge in [-0.2, -0.15) is 8.42 Å². The molecule has 148 valence electrons. The molecule has 0 aliphatic rings. The van der Waals surface area contributed by atoms with Gasteiger partial charge in [0.25, 0.3) is 0 Å². The lowest BCUT2D eigenvalue weighted by atomic mass is 9.97. The van der Waals surface area contributed by atoms with Crippen LogP contribution < -0.4 is 4.18 Å². The Morgan fingerprint density at radius 2 is 1.77 bits per heavy atom. The molecule has 0 aromatic heterocycles. The maximum absolute atomic E-state index is 13.0. The van der Waals surface area contributed by atoms with Crippen LogP contribution in [0.25, 0.3) is 0 Å². The summed E-state index contributed by atoms with van der Waals surface area (Å²) >= 11 is 0. The van der Waals surface area contributed by atoms with Crippen LogP contribution >= 0.6 is 0 Å². The Morgan fingerprint density at radius 3 is 2.23 bits per heavy atom. The highest BCUT2D eigenvalue weighted by Crippen LogP contribution is 2.20. The predicted octanol–water partition coefficient (Wildman–Crippen LogP) is 4.23. The van der Waals surface area contributed by atoms with Crippen molar-refractivity contribution < 1.29 is 17.4 Å². The predicted molar refractivity (Wildman–Crippen MR) is 105 cm³/mol. The van der Waals surface area contributed by atoms with Gasteiger partial charge in [-0.15, -0.1) is 0 Å². The first-order chi connectivity index (χ1) is 12.2. The van der Waals surface area contributed by atoms with E-state index in [-0.39, 0.29) is 17.6 Å². The van der Waals surface area contributed by atoms with Crippen molar-refractivity contribution in [2.75, 3.05) is 12.8 Å². The summed E-state index contributed by atoms with van der Waals surface area (Å²) in [6.45, 7) is 9.67. The van der Waals surface area contributed by atoms with Crippen molar-refractivity contribution >= 4 is 16.0 Å². The van der Waals surface area contributed by atoms with Crippen LogP contribution in [0.4, 0.5) is 0 Å². The Kier molecular flexibility index (Phi) is 9.13. The number of hydrogen-bond acceptors (Lipinski definition) is 4. The fraction of sp³-hybridized carbons (Fsp3) is 0.650. The summed E-state index contributed by atoms with van der Waals surface area (Å²) in [5.41, 5.74) is 0.963. The Hall–Kier alpha value is -1.56.